The quantitative estimate of drug-likeness (QED) is 0.710. The van der Waals surface area contributed by atoms with Gasteiger partial charge < -0.3 is 15.4 Å². The van der Waals surface area contributed by atoms with Crippen LogP contribution in [0.5, 0.6) is 5.75 Å². The molecule has 2 aromatic carbocycles. The van der Waals surface area contributed by atoms with Crippen molar-refractivity contribution < 1.29 is 5.11 Å². The number of thioether (sulfide) groups is 1. The first kappa shape index (κ1) is 14.7. The molecule has 1 aliphatic rings. The van der Waals surface area contributed by atoms with Crippen LogP contribution in [-0.4, -0.2) is 9.67 Å². The Kier molecular flexibility index (Phi) is 3.29. The Morgan fingerprint density at radius 1 is 1.17 bits per heavy atom. The van der Waals surface area contributed by atoms with Crippen LogP contribution < -0.4 is 5.73 Å². The maximum absolute atomic E-state index is 9.69. The van der Waals surface area contributed by atoms with E-state index in [1.54, 1.807) is 12.1 Å². The Labute approximate surface area is 143 Å². The summed E-state index contributed by atoms with van der Waals surface area (Å²) < 4.78 is 2.13. The average molecular weight is 333 g/mol. The topological polar surface area (TPSA) is 75.0 Å². The van der Waals surface area contributed by atoms with E-state index in [2.05, 4.69) is 22.8 Å². The summed E-state index contributed by atoms with van der Waals surface area (Å²) >= 11 is 1.45. The molecule has 24 heavy (non-hydrogen) atoms. The molecule has 0 saturated carbocycles. The van der Waals surface area contributed by atoms with Gasteiger partial charge in [0.2, 0.25) is 0 Å². The zero-order valence-electron chi connectivity index (χ0n) is 13.0. The van der Waals surface area contributed by atoms with Crippen molar-refractivity contribution in [2.75, 3.05) is 0 Å². The molecule has 3 aromatic rings. The van der Waals surface area contributed by atoms with E-state index in [0.29, 0.717) is 10.6 Å². The van der Waals surface area contributed by atoms with Crippen molar-refractivity contribution in [2.24, 2.45) is 12.8 Å². The summed E-state index contributed by atoms with van der Waals surface area (Å²) in [5, 5.41) is 22.0. The first-order valence-electron chi connectivity index (χ1n) is 7.55. The van der Waals surface area contributed by atoms with Crippen LogP contribution in [0.15, 0.2) is 64.2 Å². The minimum atomic E-state index is -0.224. The lowest BCUT2D eigenvalue weighted by Gasteiger charge is -2.24. The van der Waals surface area contributed by atoms with Gasteiger partial charge in [0.05, 0.1) is 21.7 Å². The monoisotopic (exact) mass is 333 g/mol. The molecule has 0 amide bonds. The van der Waals surface area contributed by atoms with Crippen molar-refractivity contribution in [1.82, 2.24) is 4.57 Å². The number of rotatable bonds is 1. The van der Waals surface area contributed by atoms with Gasteiger partial charge in [-0.3, -0.25) is 0 Å². The maximum Gasteiger partial charge on any atom is 0.115 e. The second kappa shape index (κ2) is 5.36. The van der Waals surface area contributed by atoms with Crippen molar-refractivity contribution in [2.45, 2.75) is 10.9 Å². The summed E-state index contributed by atoms with van der Waals surface area (Å²) in [6, 6.07) is 17.5. The molecule has 1 atom stereocenters. The number of phenols is 1. The van der Waals surface area contributed by atoms with Crippen molar-refractivity contribution in [3.8, 4) is 11.8 Å². The van der Waals surface area contributed by atoms with Gasteiger partial charge in [0.15, 0.2) is 0 Å². The molecule has 1 aliphatic heterocycles. The zero-order valence-corrected chi connectivity index (χ0v) is 13.8. The minimum Gasteiger partial charge on any atom is -0.508 e. The number of aryl methyl sites for hydroxylation is 1. The molecule has 0 saturated heterocycles. The summed E-state index contributed by atoms with van der Waals surface area (Å²) in [6.45, 7) is 0. The van der Waals surface area contributed by atoms with Gasteiger partial charge in [-0.25, -0.2) is 0 Å². The van der Waals surface area contributed by atoms with Crippen LogP contribution in [0.1, 0.15) is 17.0 Å². The third-order valence-corrected chi connectivity index (χ3v) is 5.61. The molecule has 1 unspecified atom stereocenters. The fourth-order valence-corrected chi connectivity index (χ4v) is 4.42. The van der Waals surface area contributed by atoms with E-state index in [0.717, 1.165) is 27.1 Å². The van der Waals surface area contributed by atoms with Crippen LogP contribution >= 0.6 is 11.8 Å². The van der Waals surface area contributed by atoms with E-state index in [1.165, 1.54) is 11.8 Å². The molecule has 0 spiro atoms. The lowest BCUT2D eigenvalue weighted by Crippen LogP contribution is -2.14. The molecule has 1 aromatic heterocycles. The van der Waals surface area contributed by atoms with Gasteiger partial charge >= 0.3 is 0 Å². The molecule has 4 nitrogen and oxygen atoms in total. The van der Waals surface area contributed by atoms with Gasteiger partial charge in [-0.15, -0.1) is 0 Å². The first-order chi connectivity index (χ1) is 11.6. The number of para-hydroxylation sites is 1. The summed E-state index contributed by atoms with van der Waals surface area (Å²) in [4.78, 5) is 0. The lowest BCUT2D eigenvalue weighted by atomic mass is 9.85. The van der Waals surface area contributed by atoms with Crippen LogP contribution in [0.3, 0.4) is 0 Å². The van der Waals surface area contributed by atoms with Crippen LogP contribution in [0, 0.1) is 11.3 Å². The number of hydrogen-bond acceptors (Lipinski definition) is 4. The van der Waals surface area contributed by atoms with Crippen LogP contribution in [0.25, 0.3) is 10.9 Å². The molecule has 3 N–H and O–H groups in total. The Hall–Kier alpha value is -2.84. The average Bonchev–Trinajstić information content (AvgIpc) is 2.87. The van der Waals surface area contributed by atoms with E-state index in [4.69, 9.17) is 5.73 Å². The lowest BCUT2D eigenvalue weighted by molar-refractivity contribution is 0.475. The number of nitrogens with two attached hydrogens (primary N) is 1. The molecule has 0 aliphatic carbocycles. The van der Waals surface area contributed by atoms with Crippen molar-refractivity contribution in [3.63, 3.8) is 0 Å². The minimum absolute atomic E-state index is 0.206. The molecule has 4 rings (SSSR count). The number of nitrogens with zero attached hydrogens (tertiary/aromatic N) is 2. The van der Waals surface area contributed by atoms with Gasteiger partial charge in [-0.2, -0.15) is 5.26 Å². The first-order valence-corrected chi connectivity index (χ1v) is 8.37. The second-order valence-electron chi connectivity index (χ2n) is 5.81. The highest BCUT2D eigenvalue weighted by molar-refractivity contribution is 8.03. The van der Waals surface area contributed by atoms with E-state index < -0.39 is 0 Å². The third kappa shape index (κ3) is 2.00. The van der Waals surface area contributed by atoms with E-state index in [9.17, 15) is 10.4 Å². The standard InChI is InChI=1S/C19H15N3OS/c1-22-15-5-3-2-4-13(15)17-16(11-6-8-12(23)9-7-11)14(10-20)18(21)24-19(17)22/h2-9,16,23H,21H2,1H3. The fraction of sp³-hybridized carbons (Fsp3) is 0.105. The zero-order chi connectivity index (χ0) is 16.8. The molecule has 0 fully saturated rings. The van der Waals surface area contributed by atoms with E-state index in [-0.39, 0.29) is 11.7 Å². The normalized spacial score (nSPS) is 16.9. The number of phenolic OH excluding ortho intramolecular Hbond substituents is 1. The Balaban J connectivity index is 2.06. The molecular formula is C19H15N3OS. The molecule has 118 valence electrons. The number of fused-ring (bicyclic) bond motifs is 3. The summed E-state index contributed by atoms with van der Waals surface area (Å²) in [7, 11) is 2.02. The predicted octanol–water partition coefficient (Wildman–Crippen LogP) is 3.82. The highest BCUT2D eigenvalue weighted by Gasteiger charge is 2.33. The Morgan fingerprint density at radius 3 is 2.58 bits per heavy atom. The number of allylic oxidation sites excluding steroid dienone is 1. The van der Waals surface area contributed by atoms with Crippen LogP contribution in [0.2, 0.25) is 0 Å². The van der Waals surface area contributed by atoms with Crippen molar-refractivity contribution in [1.29, 1.82) is 5.26 Å². The Morgan fingerprint density at radius 2 is 1.88 bits per heavy atom. The molecular weight excluding hydrogens is 318 g/mol. The van der Waals surface area contributed by atoms with Crippen molar-refractivity contribution in [3.05, 3.63) is 70.3 Å². The number of benzene rings is 2. The third-order valence-electron chi connectivity index (χ3n) is 4.49. The summed E-state index contributed by atoms with van der Waals surface area (Å²) in [5.74, 6) is -0.0181. The number of aromatic nitrogens is 1. The van der Waals surface area contributed by atoms with E-state index >= 15 is 0 Å². The van der Waals surface area contributed by atoms with Gasteiger partial charge in [-0.05, 0) is 23.8 Å². The van der Waals surface area contributed by atoms with Gasteiger partial charge in [0.25, 0.3) is 0 Å². The van der Waals surface area contributed by atoms with Crippen LogP contribution in [0.4, 0.5) is 0 Å². The SMILES string of the molecule is Cn1c2c(c3ccccc31)C(c1ccc(O)cc1)C(C#N)=C(N)S2. The van der Waals surface area contributed by atoms with Gasteiger partial charge in [-0.1, -0.05) is 42.1 Å². The molecule has 5 heteroatoms. The summed E-state index contributed by atoms with van der Waals surface area (Å²) in [5.41, 5.74) is 9.95. The molecule has 0 bridgehead atoms. The molecule has 2 heterocycles. The Bertz CT molecular complexity index is 1030. The highest BCUT2D eigenvalue weighted by atomic mass is 32.2. The van der Waals surface area contributed by atoms with Gasteiger partial charge in [0.1, 0.15) is 5.75 Å². The molecule has 0 radical (unpaired) electrons. The smallest absolute Gasteiger partial charge is 0.115 e. The number of hydrogen-bond donors (Lipinski definition) is 2. The predicted molar refractivity (Wildman–Crippen MR) is 95.6 cm³/mol. The van der Waals surface area contributed by atoms with Crippen molar-refractivity contribution >= 4 is 22.7 Å². The largest absolute Gasteiger partial charge is 0.508 e. The summed E-state index contributed by atoms with van der Waals surface area (Å²) in [6.07, 6.45) is 0. The maximum atomic E-state index is 9.69. The second-order valence-corrected chi connectivity index (χ2v) is 6.84. The fourth-order valence-electron chi connectivity index (χ4n) is 3.37. The number of aromatic hydroxyl groups is 1. The van der Waals surface area contributed by atoms with Crippen LogP contribution in [-0.2, 0) is 7.05 Å². The van der Waals surface area contributed by atoms with Gasteiger partial charge in [0, 0.05) is 29.4 Å². The highest BCUT2D eigenvalue weighted by Crippen LogP contribution is 2.49. The van der Waals surface area contributed by atoms with E-state index in [1.807, 2.05) is 31.3 Å². The number of nitriles is 1.